The molecule has 1 N–H and O–H groups in total. The van der Waals surface area contributed by atoms with E-state index in [0.29, 0.717) is 13.0 Å². The average molecular weight is 397 g/mol. The van der Waals surface area contributed by atoms with E-state index in [1.807, 2.05) is 24.3 Å². The highest BCUT2D eigenvalue weighted by atomic mass is 35.5. The zero-order valence-corrected chi connectivity index (χ0v) is 16.4. The second-order valence-corrected chi connectivity index (χ2v) is 8.34. The number of rotatable bonds is 7. The molecule has 0 heterocycles. The van der Waals surface area contributed by atoms with Gasteiger partial charge in [-0.2, -0.15) is 0 Å². The number of hydrogen-bond donors (Lipinski definition) is 1. The van der Waals surface area contributed by atoms with Crippen molar-refractivity contribution in [3.05, 3.63) is 58.6 Å². The van der Waals surface area contributed by atoms with Crippen molar-refractivity contribution in [3.8, 4) is 5.75 Å². The second kappa shape index (κ2) is 8.53. The molecule has 0 aromatic heterocycles. The van der Waals surface area contributed by atoms with Crippen LogP contribution < -0.4 is 10.1 Å². The normalized spacial score (nSPS) is 11.4. The molecule has 140 valence electrons. The average Bonchev–Trinajstić information content (AvgIpc) is 2.62. The van der Waals surface area contributed by atoms with Crippen LogP contribution in [0.3, 0.4) is 0 Å². The van der Waals surface area contributed by atoms with Crippen molar-refractivity contribution < 1.29 is 17.9 Å². The van der Waals surface area contributed by atoms with Gasteiger partial charge in [-0.05, 0) is 42.3 Å². The predicted octanol–water partition coefficient (Wildman–Crippen LogP) is 2.57. The number of halogens is 1. The smallest absolute Gasteiger partial charge is 0.252 e. The summed E-state index contributed by atoms with van der Waals surface area (Å²) >= 11 is 6.07. The molecular weight excluding hydrogens is 376 g/mol. The third-order valence-electron chi connectivity index (χ3n) is 3.82. The van der Waals surface area contributed by atoms with E-state index in [2.05, 4.69) is 5.32 Å². The van der Waals surface area contributed by atoms with Crippen LogP contribution in [0, 0.1) is 0 Å². The number of nitrogens with zero attached hydrogens (tertiary/aromatic N) is 1. The van der Waals surface area contributed by atoms with Gasteiger partial charge >= 0.3 is 0 Å². The SMILES string of the molecule is COc1ccc(CCNC(=O)c2cc(S(=O)(=O)N(C)C)ccc2Cl)cc1. The number of nitrogens with one attached hydrogen (secondary N) is 1. The van der Waals surface area contributed by atoms with Crippen LogP contribution in [0.4, 0.5) is 0 Å². The summed E-state index contributed by atoms with van der Waals surface area (Å²) in [6, 6.07) is 11.6. The van der Waals surface area contributed by atoms with Gasteiger partial charge in [0.2, 0.25) is 10.0 Å². The van der Waals surface area contributed by atoms with Gasteiger partial charge in [-0.1, -0.05) is 23.7 Å². The molecule has 0 spiro atoms. The van der Waals surface area contributed by atoms with Crippen molar-refractivity contribution in [2.24, 2.45) is 0 Å². The van der Waals surface area contributed by atoms with Crippen LogP contribution in [-0.2, 0) is 16.4 Å². The Bertz CT molecular complexity index is 881. The lowest BCUT2D eigenvalue weighted by atomic mass is 10.1. The summed E-state index contributed by atoms with van der Waals surface area (Å²) in [4.78, 5) is 12.4. The van der Waals surface area contributed by atoms with Crippen LogP contribution in [0.25, 0.3) is 0 Å². The minimum Gasteiger partial charge on any atom is -0.497 e. The lowest BCUT2D eigenvalue weighted by Crippen LogP contribution is -2.27. The van der Waals surface area contributed by atoms with Gasteiger partial charge in [-0.15, -0.1) is 0 Å². The van der Waals surface area contributed by atoms with E-state index >= 15 is 0 Å². The number of ether oxygens (including phenoxy) is 1. The van der Waals surface area contributed by atoms with Gasteiger partial charge in [0.25, 0.3) is 5.91 Å². The summed E-state index contributed by atoms with van der Waals surface area (Å²) < 4.78 is 30.6. The van der Waals surface area contributed by atoms with E-state index in [1.54, 1.807) is 7.11 Å². The molecule has 0 fully saturated rings. The van der Waals surface area contributed by atoms with Gasteiger partial charge in [-0.3, -0.25) is 4.79 Å². The van der Waals surface area contributed by atoms with E-state index in [0.717, 1.165) is 15.6 Å². The number of carbonyl (C=O) groups excluding carboxylic acids is 1. The molecule has 26 heavy (non-hydrogen) atoms. The van der Waals surface area contributed by atoms with Crippen molar-refractivity contribution in [1.29, 1.82) is 0 Å². The van der Waals surface area contributed by atoms with Crippen molar-refractivity contribution in [1.82, 2.24) is 9.62 Å². The molecule has 0 atom stereocenters. The van der Waals surface area contributed by atoms with Gasteiger partial charge < -0.3 is 10.1 Å². The highest BCUT2D eigenvalue weighted by molar-refractivity contribution is 7.89. The first-order valence-corrected chi connectivity index (χ1v) is 9.70. The first-order chi connectivity index (χ1) is 12.3. The molecule has 0 saturated heterocycles. The molecule has 0 aliphatic carbocycles. The Hall–Kier alpha value is -2.09. The van der Waals surface area contributed by atoms with Crippen molar-refractivity contribution in [2.45, 2.75) is 11.3 Å². The zero-order valence-electron chi connectivity index (χ0n) is 14.8. The molecule has 0 bridgehead atoms. The molecule has 0 radical (unpaired) electrons. The number of carbonyl (C=O) groups is 1. The van der Waals surface area contributed by atoms with E-state index in [4.69, 9.17) is 16.3 Å². The summed E-state index contributed by atoms with van der Waals surface area (Å²) in [6.45, 7) is 0.395. The summed E-state index contributed by atoms with van der Waals surface area (Å²) in [7, 11) is 0.822. The van der Waals surface area contributed by atoms with E-state index in [-0.39, 0.29) is 15.5 Å². The molecule has 2 rings (SSSR count). The Morgan fingerprint density at radius 1 is 1.15 bits per heavy atom. The van der Waals surface area contributed by atoms with Crippen LogP contribution in [0.2, 0.25) is 5.02 Å². The fraction of sp³-hybridized carbons (Fsp3) is 0.278. The Balaban J connectivity index is 2.06. The van der Waals surface area contributed by atoms with Gasteiger partial charge in [0.15, 0.2) is 0 Å². The summed E-state index contributed by atoms with van der Waals surface area (Å²) in [6.07, 6.45) is 0.628. The summed E-state index contributed by atoms with van der Waals surface area (Å²) in [5.41, 5.74) is 1.17. The first-order valence-electron chi connectivity index (χ1n) is 7.89. The lowest BCUT2D eigenvalue weighted by molar-refractivity contribution is 0.0954. The van der Waals surface area contributed by atoms with Crippen LogP contribution in [-0.4, -0.2) is 46.4 Å². The molecule has 2 aromatic carbocycles. The third kappa shape index (κ3) is 4.75. The maximum atomic E-state index is 12.4. The minimum atomic E-state index is -3.64. The van der Waals surface area contributed by atoms with Crippen LogP contribution in [0.5, 0.6) is 5.75 Å². The Kier molecular flexibility index (Phi) is 6.63. The quantitative estimate of drug-likeness (QED) is 0.780. The Morgan fingerprint density at radius 2 is 1.81 bits per heavy atom. The predicted molar refractivity (Wildman–Crippen MR) is 101 cm³/mol. The maximum absolute atomic E-state index is 12.4. The monoisotopic (exact) mass is 396 g/mol. The Morgan fingerprint density at radius 3 is 2.38 bits per heavy atom. The van der Waals surface area contributed by atoms with E-state index in [9.17, 15) is 13.2 Å². The Labute approximate surface area is 158 Å². The molecule has 0 unspecified atom stereocenters. The standard InChI is InChI=1S/C18H21ClN2O4S/c1-21(2)26(23,24)15-8-9-17(19)16(12-15)18(22)20-11-10-13-4-6-14(25-3)7-5-13/h4-9,12H,10-11H2,1-3H3,(H,20,22). The highest BCUT2D eigenvalue weighted by Crippen LogP contribution is 2.22. The molecule has 6 nitrogen and oxygen atoms in total. The molecule has 0 saturated carbocycles. The number of hydrogen-bond acceptors (Lipinski definition) is 4. The largest absolute Gasteiger partial charge is 0.497 e. The zero-order chi connectivity index (χ0) is 19.3. The van der Waals surface area contributed by atoms with E-state index in [1.165, 1.54) is 32.3 Å². The summed E-state index contributed by atoms with van der Waals surface area (Å²) in [5, 5.41) is 2.96. The number of sulfonamides is 1. The number of amides is 1. The third-order valence-corrected chi connectivity index (χ3v) is 5.96. The highest BCUT2D eigenvalue weighted by Gasteiger charge is 2.20. The molecule has 1 amide bonds. The van der Waals surface area contributed by atoms with Crippen LogP contribution in [0.15, 0.2) is 47.4 Å². The molecule has 8 heteroatoms. The number of benzene rings is 2. The van der Waals surface area contributed by atoms with E-state index < -0.39 is 15.9 Å². The molecular formula is C18H21ClN2O4S. The van der Waals surface area contributed by atoms with Gasteiger partial charge in [0, 0.05) is 20.6 Å². The van der Waals surface area contributed by atoms with Gasteiger partial charge in [0.05, 0.1) is 22.6 Å². The molecule has 2 aromatic rings. The molecule has 0 aliphatic rings. The first kappa shape index (κ1) is 20.2. The van der Waals surface area contributed by atoms with Crippen LogP contribution >= 0.6 is 11.6 Å². The fourth-order valence-corrected chi connectivity index (χ4v) is 3.39. The van der Waals surface area contributed by atoms with Crippen molar-refractivity contribution in [2.75, 3.05) is 27.7 Å². The maximum Gasteiger partial charge on any atom is 0.252 e. The van der Waals surface area contributed by atoms with Gasteiger partial charge in [-0.25, -0.2) is 12.7 Å². The second-order valence-electron chi connectivity index (χ2n) is 5.78. The fourth-order valence-electron chi connectivity index (χ4n) is 2.26. The van der Waals surface area contributed by atoms with Crippen molar-refractivity contribution in [3.63, 3.8) is 0 Å². The minimum absolute atomic E-state index is 0.0206. The lowest BCUT2D eigenvalue weighted by Gasteiger charge is -2.13. The molecule has 0 aliphatic heterocycles. The van der Waals surface area contributed by atoms with Gasteiger partial charge in [0.1, 0.15) is 5.75 Å². The van der Waals surface area contributed by atoms with Crippen molar-refractivity contribution >= 4 is 27.5 Å². The van der Waals surface area contributed by atoms with Crippen LogP contribution in [0.1, 0.15) is 15.9 Å². The summed E-state index contributed by atoms with van der Waals surface area (Å²) in [5.74, 6) is 0.350. The number of methoxy groups -OCH3 is 1. The topological polar surface area (TPSA) is 75.7 Å².